The number of pyridine rings is 1. The number of nitrogens with two attached hydrogens (primary N) is 1. The predicted molar refractivity (Wildman–Crippen MR) is 140 cm³/mol. The first-order valence-electron chi connectivity index (χ1n) is 12.6. The number of nitrogens with one attached hydrogen (secondary N) is 1. The van der Waals surface area contributed by atoms with E-state index in [4.69, 9.17) is 15.5 Å². The van der Waals surface area contributed by atoms with Gasteiger partial charge in [-0.25, -0.2) is 4.98 Å². The summed E-state index contributed by atoms with van der Waals surface area (Å²) >= 11 is 0. The Morgan fingerprint density at radius 3 is 2.72 bits per heavy atom. The van der Waals surface area contributed by atoms with Crippen molar-refractivity contribution in [1.82, 2.24) is 34.5 Å². The molecule has 4 heterocycles. The average Bonchev–Trinajstić information content (AvgIpc) is 3.26. The van der Waals surface area contributed by atoms with Gasteiger partial charge in [0.15, 0.2) is 5.82 Å². The Morgan fingerprint density at radius 2 is 2.03 bits per heavy atom. The van der Waals surface area contributed by atoms with Crippen molar-refractivity contribution in [2.75, 3.05) is 58.4 Å². The van der Waals surface area contributed by atoms with Crippen molar-refractivity contribution in [3.05, 3.63) is 29.7 Å². The van der Waals surface area contributed by atoms with E-state index < -0.39 is 0 Å². The second kappa shape index (κ2) is 11.5. The van der Waals surface area contributed by atoms with Gasteiger partial charge < -0.3 is 25.6 Å². The number of carbonyl (C=O) groups is 1. The van der Waals surface area contributed by atoms with Crippen molar-refractivity contribution in [2.24, 2.45) is 0 Å². The highest BCUT2D eigenvalue weighted by atomic mass is 16.5. The SMILES string of the molecule is CCCCNc1nc(N)nc2cnn(Cc3ncc(C4CCN(C(=O)CN(C)C)CC4)cc3OC)c12. The number of nitrogens with zero attached hydrogens (tertiary/aromatic N) is 7. The minimum absolute atomic E-state index is 0.185. The molecule has 0 spiro atoms. The number of unbranched alkanes of at least 4 members (excludes halogenated alkanes) is 1. The topological polar surface area (TPSA) is 127 Å². The third kappa shape index (κ3) is 5.84. The fraction of sp³-hybridized carbons (Fsp3) is 0.560. The molecule has 0 radical (unpaired) electrons. The maximum Gasteiger partial charge on any atom is 0.236 e. The van der Waals surface area contributed by atoms with E-state index in [-0.39, 0.29) is 11.9 Å². The monoisotopic (exact) mass is 495 g/mol. The molecule has 0 aromatic carbocycles. The second-order valence-electron chi connectivity index (χ2n) is 9.56. The molecule has 0 unspecified atom stereocenters. The van der Waals surface area contributed by atoms with Gasteiger partial charge in [-0.2, -0.15) is 10.1 Å². The first-order chi connectivity index (χ1) is 17.4. The molecule has 0 aliphatic carbocycles. The lowest BCUT2D eigenvalue weighted by atomic mass is 9.90. The van der Waals surface area contributed by atoms with Crippen molar-refractivity contribution in [1.29, 1.82) is 0 Å². The zero-order valence-corrected chi connectivity index (χ0v) is 21.7. The number of hydrogen-bond donors (Lipinski definition) is 2. The number of fused-ring (bicyclic) bond motifs is 1. The van der Waals surface area contributed by atoms with Gasteiger partial charge in [-0.3, -0.25) is 14.5 Å². The number of hydrogen-bond acceptors (Lipinski definition) is 9. The van der Waals surface area contributed by atoms with Gasteiger partial charge in [0, 0.05) is 25.8 Å². The fourth-order valence-corrected chi connectivity index (χ4v) is 4.62. The Labute approximate surface area is 212 Å². The highest BCUT2D eigenvalue weighted by Crippen LogP contribution is 2.31. The van der Waals surface area contributed by atoms with Crippen LogP contribution >= 0.6 is 0 Å². The van der Waals surface area contributed by atoms with E-state index in [1.165, 1.54) is 0 Å². The maximum atomic E-state index is 12.4. The number of rotatable bonds is 10. The van der Waals surface area contributed by atoms with Crippen LogP contribution in [0.25, 0.3) is 11.0 Å². The van der Waals surface area contributed by atoms with E-state index in [9.17, 15) is 4.79 Å². The van der Waals surface area contributed by atoms with Crippen LogP contribution < -0.4 is 15.8 Å². The smallest absolute Gasteiger partial charge is 0.236 e. The molecular formula is C25H37N9O2. The van der Waals surface area contributed by atoms with Gasteiger partial charge >= 0.3 is 0 Å². The van der Waals surface area contributed by atoms with Crippen molar-refractivity contribution in [2.45, 2.75) is 45.1 Å². The van der Waals surface area contributed by atoms with Gasteiger partial charge in [0.05, 0.1) is 26.4 Å². The molecule has 11 heteroatoms. The highest BCUT2D eigenvalue weighted by molar-refractivity contribution is 5.86. The molecular weight excluding hydrogens is 458 g/mol. The van der Waals surface area contributed by atoms with Crippen LogP contribution in [0.3, 0.4) is 0 Å². The molecule has 194 valence electrons. The molecule has 3 aromatic rings. The average molecular weight is 496 g/mol. The first kappa shape index (κ1) is 25.6. The zero-order valence-electron chi connectivity index (χ0n) is 21.7. The summed E-state index contributed by atoms with van der Waals surface area (Å²) in [5.74, 6) is 2.15. The molecule has 3 N–H and O–H groups in total. The number of likely N-dealkylation sites (tertiary alicyclic amines) is 1. The number of anilines is 2. The van der Waals surface area contributed by atoms with E-state index in [0.717, 1.165) is 67.8 Å². The number of amides is 1. The Hall–Kier alpha value is -3.47. The van der Waals surface area contributed by atoms with Crippen LogP contribution in [0.4, 0.5) is 11.8 Å². The van der Waals surface area contributed by atoms with E-state index in [1.54, 1.807) is 13.3 Å². The summed E-state index contributed by atoms with van der Waals surface area (Å²) in [4.78, 5) is 29.8. The van der Waals surface area contributed by atoms with Crippen LogP contribution in [0, 0.1) is 0 Å². The molecule has 0 atom stereocenters. The van der Waals surface area contributed by atoms with Gasteiger partial charge in [0.25, 0.3) is 0 Å². The second-order valence-corrected chi connectivity index (χ2v) is 9.56. The van der Waals surface area contributed by atoms with Crippen molar-refractivity contribution in [3.63, 3.8) is 0 Å². The summed E-state index contributed by atoms with van der Waals surface area (Å²) in [7, 11) is 5.50. The quantitative estimate of drug-likeness (QED) is 0.407. The number of carbonyl (C=O) groups excluding carboxylic acids is 1. The molecule has 1 aliphatic rings. The van der Waals surface area contributed by atoms with Crippen molar-refractivity contribution < 1.29 is 9.53 Å². The number of likely N-dealkylation sites (N-methyl/N-ethyl adjacent to an activating group) is 1. The molecule has 36 heavy (non-hydrogen) atoms. The molecule has 1 fully saturated rings. The summed E-state index contributed by atoms with van der Waals surface area (Å²) in [6, 6.07) is 2.07. The Balaban J connectivity index is 1.50. The van der Waals surface area contributed by atoms with E-state index in [1.807, 2.05) is 34.8 Å². The van der Waals surface area contributed by atoms with Gasteiger partial charge in [0.2, 0.25) is 11.9 Å². The van der Waals surface area contributed by atoms with Crippen molar-refractivity contribution in [3.8, 4) is 5.75 Å². The summed E-state index contributed by atoms with van der Waals surface area (Å²) in [6.07, 6.45) is 7.57. The first-order valence-corrected chi connectivity index (χ1v) is 12.6. The van der Waals surface area contributed by atoms with E-state index in [0.29, 0.717) is 30.3 Å². The minimum Gasteiger partial charge on any atom is -0.495 e. The van der Waals surface area contributed by atoms with Gasteiger partial charge in [0.1, 0.15) is 22.5 Å². The lowest BCUT2D eigenvalue weighted by Gasteiger charge is -2.33. The number of ether oxygens (including phenoxy) is 1. The minimum atomic E-state index is 0.185. The Bertz CT molecular complexity index is 1190. The molecule has 1 aliphatic heterocycles. The third-order valence-electron chi connectivity index (χ3n) is 6.57. The van der Waals surface area contributed by atoms with Crippen LogP contribution in [-0.4, -0.2) is 87.8 Å². The molecule has 1 saturated heterocycles. The molecule has 1 amide bonds. The molecule has 3 aromatic heterocycles. The molecule has 0 bridgehead atoms. The predicted octanol–water partition coefficient (Wildman–Crippen LogP) is 2.34. The maximum absolute atomic E-state index is 12.4. The number of nitrogen functional groups attached to an aromatic ring is 1. The van der Waals surface area contributed by atoms with Gasteiger partial charge in [-0.05, 0) is 50.9 Å². The number of piperidine rings is 1. The summed E-state index contributed by atoms with van der Waals surface area (Å²) < 4.78 is 7.56. The van der Waals surface area contributed by atoms with Crippen LogP contribution in [0.1, 0.15) is 49.8 Å². The molecule has 4 rings (SSSR count). The van der Waals surface area contributed by atoms with Gasteiger partial charge in [-0.15, -0.1) is 0 Å². The number of methoxy groups -OCH3 is 1. The zero-order chi connectivity index (χ0) is 25.7. The normalized spacial score (nSPS) is 14.5. The van der Waals surface area contributed by atoms with Crippen LogP contribution in [-0.2, 0) is 11.3 Å². The fourth-order valence-electron chi connectivity index (χ4n) is 4.62. The summed E-state index contributed by atoms with van der Waals surface area (Å²) in [5.41, 5.74) is 9.31. The molecule has 0 saturated carbocycles. The van der Waals surface area contributed by atoms with E-state index >= 15 is 0 Å². The lowest BCUT2D eigenvalue weighted by molar-refractivity contribution is -0.132. The number of aromatic nitrogens is 5. The lowest BCUT2D eigenvalue weighted by Crippen LogP contribution is -2.42. The standard InChI is InChI=1S/C25H37N9O2/c1-5-6-9-27-24-23-19(30-25(26)31-24)14-29-34(23)15-20-21(36-4)12-18(13-28-20)17-7-10-33(11-8-17)22(35)16-32(2)3/h12-14,17H,5-11,15-16H2,1-4H3,(H3,26,27,30,31). The van der Waals surface area contributed by atoms with Gasteiger partial charge in [-0.1, -0.05) is 13.3 Å². The Morgan fingerprint density at radius 1 is 1.25 bits per heavy atom. The van der Waals surface area contributed by atoms with Crippen molar-refractivity contribution >= 4 is 28.7 Å². The van der Waals surface area contributed by atoms with Crippen LogP contribution in [0.5, 0.6) is 5.75 Å². The van der Waals surface area contributed by atoms with Crippen LogP contribution in [0.15, 0.2) is 18.5 Å². The largest absolute Gasteiger partial charge is 0.495 e. The van der Waals surface area contributed by atoms with E-state index in [2.05, 4.69) is 33.4 Å². The van der Waals surface area contributed by atoms with Crippen LogP contribution in [0.2, 0.25) is 0 Å². The summed E-state index contributed by atoms with van der Waals surface area (Å²) in [5, 5.41) is 7.91. The summed E-state index contributed by atoms with van der Waals surface area (Å²) in [6.45, 7) is 5.33. The third-order valence-corrected chi connectivity index (χ3v) is 6.57. The molecule has 11 nitrogen and oxygen atoms in total. The highest BCUT2D eigenvalue weighted by Gasteiger charge is 2.25. The Kier molecular flexibility index (Phi) is 8.19.